The number of hydrogen-bond donors (Lipinski definition) is 2. The second kappa shape index (κ2) is 5.92. The summed E-state index contributed by atoms with van der Waals surface area (Å²) in [5.41, 5.74) is 2.77. The van der Waals surface area contributed by atoms with Gasteiger partial charge in [-0.1, -0.05) is 29.8 Å². The van der Waals surface area contributed by atoms with Crippen LogP contribution in [0.15, 0.2) is 48.5 Å². The zero-order valence-electron chi connectivity index (χ0n) is 12.3. The lowest BCUT2D eigenvalue weighted by Crippen LogP contribution is -2.20. The predicted molar refractivity (Wildman–Crippen MR) is 82.9 cm³/mol. The maximum atomic E-state index is 12.1. The van der Waals surface area contributed by atoms with Crippen LogP contribution in [-0.4, -0.2) is 17.9 Å². The molecule has 2 aromatic carbocycles. The van der Waals surface area contributed by atoms with Gasteiger partial charge in [0.05, 0.1) is 0 Å². The van der Waals surface area contributed by atoms with E-state index in [1.54, 1.807) is 36.4 Å². The third-order valence-electron chi connectivity index (χ3n) is 3.47. The summed E-state index contributed by atoms with van der Waals surface area (Å²) in [4.78, 5) is 34.7. The molecule has 0 saturated carbocycles. The Hall–Kier alpha value is -3.15. The number of aryl methyl sites for hydroxylation is 1. The molecule has 23 heavy (non-hydrogen) atoms. The number of amides is 3. The maximum Gasteiger partial charge on any atom is 0.415 e. The van der Waals surface area contributed by atoms with Crippen molar-refractivity contribution in [3.05, 3.63) is 65.2 Å². The first-order valence-corrected chi connectivity index (χ1v) is 7.02. The number of ether oxygens (including phenoxy) is 1. The first-order valence-electron chi connectivity index (χ1n) is 7.02. The van der Waals surface area contributed by atoms with Crippen molar-refractivity contribution in [3.63, 3.8) is 0 Å². The Morgan fingerprint density at radius 3 is 2.26 bits per heavy atom. The van der Waals surface area contributed by atoms with Gasteiger partial charge in [-0.15, -0.1) is 0 Å². The largest absolute Gasteiger partial charge is 0.431 e. The van der Waals surface area contributed by atoms with Crippen LogP contribution in [0.4, 0.5) is 10.5 Å². The summed E-state index contributed by atoms with van der Waals surface area (Å²) in [6.45, 7) is 1.95. The number of rotatable bonds is 3. The fourth-order valence-electron chi connectivity index (χ4n) is 2.23. The normalized spacial score (nSPS) is 16.7. The van der Waals surface area contributed by atoms with E-state index in [1.807, 2.05) is 19.1 Å². The van der Waals surface area contributed by atoms with Crippen LogP contribution in [0.1, 0.15) is 27.6 Å². The third-order valence-corrected chi connectivity index (χ3v) is 3.47. The van der Waals surface area contributed by atoms with Crippen molar-refractivity contribution >= 4 is 23.6 Å². The van der Waals surface area contributed by atoms with Gasteiger partial charge in [0, 0.05) is 16.8 Å². The number of imide groups is 1. The number of carbonyl (C=O) groups excluding carboxylic acids is 3. The maximum absolute atomic E-state index is 12.1. The highest BCUT2D eigenvalue weighted by Gasteiger charge is 2.33. The molecule has 1 heterocycles. The molecule has 0 bridgehead atoms. The van der Waals surface area contributed by atoms with Crippen molar-refractivity contribution in [3.8, 4) is 0 Å². The molecule has 0 spiro atoms. The van der Waals surface area contributed by atoms with Crippen molar-refractivity contribution in [2.45, 2.75) is 13.0 Å². The highest BCUT2D eigenvalue weighted by Crippen LogP contribution is 2.23. The number of nitrogens with one attached hydrogen (secondary N) is 2. The van der Waals surface area contributed by atoms with Crippen LogP contribution in [0, 0.1) is 6.92 Å². The van der Waals surface area contributed by atoms with E-state index in [-0.39, 0.29) is 5.91 Å². The van der Waals surface area contributed by atoms with E-state index in [0.29, 0.717) is 16.8 Å². The molecule has 1 fully saturated rings. The summed E-state index contributed by atoms with van der Waals surface area (Å²) in [6, 6.07) is 13.8. The number of cyclic esters (lactones) is 1. The standard InChI is InChI=1S/C17H14N2O4/c1-10-2-4-12(5-3-10)15(20)18-13-8-6-11(7-9-13)14-16(21)19-17(22)23-14/h2-9,14H,1H3,(H,18,20)(H,19,21,22). The van der Waals surface area contributed by atoms with Gasteiger partial charge in [-0.2, -0.15) is 0 Å². The molecule has 1 atom stereocenters. The lowest BCUT2D eigenvalue weighted by atomic mass is 10.1. The van der Waals surface area contributed by atoms with E-state index in [9.17, 15) is 14.4 Å². The molecule has 1 unspecified atom stereocenters. The molecule has 1 aliphatic heterocycles. The quantitative estimate of drug-likeness (QED) is 0.912. The van der Waals surface area contributed by atoms with Crippen LogP contribution < -0.4 is 10.6 Å². The number of alkyl carbamates (subject to hydrolysis) is 1. The molecule has 116 valence electrons. The van der Waals surface area contributed by atoms with Gasteiger partial charge >= 0.3 is 6.09 Å². The zero-order chi connectivity index (χ0) is 16.4. The molecular weight excluding hydrogens is 296 g/mol. The average Bonchev–Trinajstić information content (AvgIpc) is 2.87. The van der Waals surface area contributed by atoms with Crippen LogP contribution in [0.5, 0.6) is 0 Å². The Morgan fingerprint density at radius 2 is 1.70 bits per heavy atom. The van der Waals surface area contributed by atoms with E-state index in [1.165, 1.54) is 0 Å². The Balaban J connectivity index is 1.70. The van der Waals surface area contributed by atoms with E-state index in [2.05, 4.69) is 10.6 Å². The fraction of sp³-hybridized carbons (Fsp3) is 0.118. The van der Waals surface area contributed by atoms with E-state index < -0.39 is 18.1 Å². The summed E-state index contributed by atoms with van der Waals surface area (Å²) >= 11 is 0. The molecule has 1 aliphatic rings. The minimum Gasteiger partial charge on any atom is -0.431 e. The minimum absolute atomic E-state index is 0.220. The first-order chi connectivity index (χ1) is 11.0. The first kappa shape index (κ1) is 14.8. The van der Waals surface area contributed by atoms with Crippen LogP contribution in [0.3, 0.4) is 0 Å². The average molecular weight is 310 g/mol. The molecule has 0 radical (unpaired) electrons. The van der Waals surface area contributed by atoms with Crippen molar-refractivity contribution in [1.82, 2.24) is 5.32 Å². The molecule has 1 saturated heterocycles. The van der Waals surface area contributed by atoms with E-state index in [4.69, 9.17) is 4.74 Å². The highest BCUT2D eigenvalue weighted by molar-refractivity contribution is 6.04. The van der Waals surface area contributed by atoms with Crippen molar-refractivity contribution in [2.75, 3.05) is 5.32 Å². The third kappa shape index (κ3) is 3.21. The molecule has 6 nitrogen and oxygen atoms in total. The summed E-state index contributed by atoms with van der Waals surface area (Å²) < 4.78 is 4.87. The molecule has 2 aromatic rings. The van der Waals surface area contributed by atoms with Gasteiger partial charge in [0.2, 0.25) is 6.10 Å². The second-order valence-corrected chi connectivity index (χ2v) is 5.22. The van der Waals surface area contributed by atoms with Gasteiger partial charge in [0.15, 0.2) is 0 Å². The molecular formula is C17H14N2O4. The Kier molecular flexibility index (Phi) is 3.80. The number of carbonyl (C=O) groups is 3. The van der Waals surface area contributed by atoms with Crippen molar-refractivity contribution in [2.24, 2.45) is 0 Å². The predicted octanol–water partition coefficient (Wildman–Crippen LogP) is 2.55. The fourth-order valence-corrected chi connectivity index (χ4v) is 2.23. The lowest BCUT2D eigenvalue weighted by Gasteiger charge is -2.09. The summed E-state index contributed by atoms with van der Waals surface area (Å²) in [6.07, 6.45) is -1.69. The number of anilines is 1. The van der Waals surface area contributed by atoms with Gasteiger partial charge in [0.1, 0.15) is 0 Å². The smallest absolute Gasteiger partial charge is 0.415 e. The molecule has 2 N–H and O–H groups in total. The van der Waals surface area contributed by atoms with Gasteiger partial charge < -0.3 is 10.1 Å². The summed E-state index contributed by atoms with van der Waals surface area (Å²) in [5.74, 6) is -0.714. The van der Waals surface area contributed by atoms with E-state index >= 15 is 0 Å². The topological polar surface area (TPSA) is 84.5 Å². The van der Waals surface area contributed by atoms with Gasteiger partial charge in [-0.3, -0.25) is 14.9 Å². The molecule has 6 heteroatoms. The van der Waals surface area contributed by atoms with Gasteiger partial charge in [-0.25, -0.2) is 4.79 Å². The van der Waals surface area contributed by atoms with Gasteiger partial charge in [0.25, 0.3) is 11.8 Å². The molecule has 3 amide bonds. The Morgan fingerprint density at radius 1 is 1.04 bits per heavy atom. The summed E-state index contributed by atoms with van der Waals surface area (Å²) in [5, 5.41) is 4.84. The van der Waals surface area contributed by atoms with Crippen LogP contribution in [0.2, 0.25) is 0 Å². The van der Waals surface area contributed by atoms with Crippen LogP contribution in [-0.2, 0) is 9.53 Å². The Bertz CT molecular complexity index is 766. The highest BCUT2D eigenvalue weighted by atomic mass is 16.6. The van der Waals surface area contributed by atoms with E-state index in [0.717, 1.165) is 5.56 Å². The summed E-state index contributed by atoms with van der Waals surface area (Å²) in [7, 11) is 0. The monoisotopic (exact) mass is 310 g/mol. The molecule has 3 rings (SSSR count). The van der Waals surface area contributed by atoms with Crippen LogP contribution >= 0.6 is 0 Å². The number of benzene rings is 2. The minimum atomic E-state index is -0.940. The van der Waals surface area contributed by atoms with Crippen LogP contribution in [0.25, 0.3) is 0 Å². The number of hydrogen-bond acceptors (Lipinski definition) is 4. The SMILES string of the molecule is Cc1ccc(C(=O)Nc2ccc(C3OC(=O)NC3=O)cc2)cc1. The molecule has 0 aliphatic carbocycles. The van der Waals surface area contributed by atoms with Gasteiger partial charge in [-0.05, 0) is 31.2 Å². The zero-order valence-corrected chi connectivity index (χ0v) is 12.3. The Labute approximate surface area is 132 Å². The molecule has 0 aromatic heterocycles. The van der Waals surface area contributed by atoms with Crippen molar-refractivity contribution < 1.29 is 19.1 Å². The lowest BCUT2D eigenvalue weighted by molar-refractivity contribution is -0.123. The van der Waals surface area contributed by atoms with Crippen molar-refractivity contribution in [1.29, 1.82) is 0 Å². The second-order valence-electron chi connectivity index (χ2n) is 5.22.